The lowest BCUT2D eigenvalue weighted by Crippen LogP contribution is -2.08. The van der Waals surface area contributed by atoms with E-state index in [1.807, 2.05) is 0 Å². The normalized spacial score (nSPS) is 12.4. The minimum Gasteiger partial charge on any atom is -0.448 e. The Morgan fingerprint density at radius 2 is 2.32 bits per heavy atom. The standard InChI is InChI=1S/C12H15N3O3S/c1-4-5-10-13-6-9(19-10)12(16)17-7(2)11-15-14-8(3)18-11/h6-7H,4-5H2,1-3H3/t7-/m0/s1. The molecule has 2 heterocycles. The molecule has 102 valence electrons. The fourth-order valence-corrected chi connectivity index (χ4v) is 2.38. The molecule has 19 heavy (non-hydrogen) atoms. The highest BCUT2D eigenvalue weighted by Gasteiger charge is 2.20. The highest BCUT2D eigenvalue weighted by Crippen LogP contribution is 2.20. The molecule has 0 radical (unpaired) electrons. The molecule has 6 nitrogen and oxygen atoms in total. The minimum absolute atomic E-state index is 0.296. The van der Waals surface area contributed by atoms with Crippen LogP contribution in [-0.2, 0) is 11.2 Å². The summed E-state index contributed by atoms with van der Waals surface area (Å²) in [6.07, 6.45) is 2.85. The van der Waals surface area contributed by atoms with Gasteiger partial charge in [-0.2, -0.15) is 0 Å². The molecule has 0 saturated heterocycles. The van der Waals surface area contributed by atoms with Gasteiger partial charge < -0.3 is 9.15 Å². The van der Waals surface area contributed by atoms with E-state index in [4.69, 9.17) is 9.15 Å². The highest BCUT2D eigenvalue weighted by atomic mass is 32.1. The first-order chi connectivity index (χ1) is 9.10. The number of carbonyl (C=O) groups excluding carboxylic acids is 1. The summed E-state index contributed by atoms with van der Waals surface area (Å²) in [6, 6.07) is 0. The number of aromatic nitrogens is 3. The summed E-state index contributed by atoms with van der Waals surface area (Å²) < 4.78 is 10.5. The molecule has 1 atom stereocenters. The van der Waals surface area contributed by atoms with E-state index in [1.54, 1.807) is 20.0 Å². The van der Waals surface area contributed by atoms with E-state index in [-0.39, 0.29) is 0 Å². The van der Waals surface area contributed by atoms with E-state index in [9.17, 15) is 4.79 Å². The predicted molar refractivity (Wildman–Crippen MR) is 69.0 cm³/mol. The largest absolute Gasteiger partial charge is 0.448 e. The lowest BCUT2D eigenvalue weighted by Gasteiger charge is -2.07. The van der Waals surface area contributed by atoms with Crippen molar-refractivity contribution in [1.82, 2.24) is 15.2 Å². The Morgan fingerprint density at radius 1 is 1.53 bits per heavy atom. The van der Waals surface area contributed by atoms with Crippen molar-refractivity contribution in [3.63, 3.8) is 0 Å². The Bertz CT molecular complexity index is 564. The van der Waals surface area contributed by atoms with Gasteiger partial charge in [0, 0.05) is 6.92 Å². The second-order valence-electron chi connectivity index (χ2n) is 4.08. The van der Waals surface area contributed by atoms with Crippen molar-refractivity contribution >= 4 is 17.3 Å². The summed E-state index contributed by atoms with van der Waals surface area (Å²) in [5.41, 5.74) is 0. The molecule has 7 heteroatoms. The predicted octanol–water partition coefficient (Wildman–Crippen LogP) is 2.71. The molecule has 0 aromatic carbocycles. The SMILES string of the molecule is CCCc1ncc(C(=O)O[C@@H](C)c2nnc(C)o2)s1. The molecule has 0 unspecified atom stereocenters. The fourth-order valence-electron chi connectivity index (χ4n) is 1.48. The van der Waals surface area contributed by atoms with Gasteiger partial charge in [-0.05, 0) is 19.8 Å². The number of hydrogen-bond acceptors (Lipinski definition) is 7. The third-order valence-corrected chi connectivity index (χ3v) is 3.43. The first-order valence-corrected chi connectivity index (χ1v) is 6.87. The van der Waals surface area contributed by atoms with Crippen LogP contribution in [0.3, 0.4) is 0 Å². The molecule has 0 bridgehead atoms. The maximum Gasteiger partial charge on any atom is 0.350 e. The van der Waals surface area contributed by atoms with Gasteiger partial charge in [0.15, 0.2) is 6.10 Å². The van der Waals surface area contributed by atoms with Gasteiger partial charge in [0.1, 0.15) is 4.88 Å². The van der Waals surface area contributed by atoms with Crippen molar-refractivity contribution in [3.8, 4) is 0 Å². The highest BCUT2D eigenvalue weighted by molar-refractivity contribution is 7.13. The van der Waals surface area contributed by atoms with Gasteiger partial charge >= 0.3 is 5.97 Å². The lowest BCUT2D eigenvalue weighted by molar-refractivity contribution is 0.0282. The molecule has 0 saturated carbocycles. The quantitative estimate of drug-likeness (QED) is 0.784. The third-order valence-electron chi connectivity index (χ3n) is 2.39. The van der Waals surface area contributed by atoms with Crippen molar-refractivity contribution in [2.45, 2.75) is 39.7 Å². The van der Waals surface area contributed by atoms with Crippen LogP contribution < -0.4 is 0 Å². The zero-order valence-corrected chi connectivity index (χ0v) is 11.9. The number of ether oxygens (including phenoxy) is 1. The van der Waals surface area contributed by atoms with E-state index in [2.05, 4.69) is 22.1 Å². The van der Waals surface area contributed by atoms with Gasteiger partial charge in [-0.1, -0.05) is 6.92 Å². The van der Waals surface area contributed by atoms with Crippen molar-refractivity contribution in [1.29, 1.82) is 0 Å². The maximum atomic E-state index is 11.9. The molecule has 2 rings (SSSR count). The smallest absolute Gasteiger partial charge is 0.350 e. The summed E-state index contributed by atoms with van der Waals surface area (Å²) in [7, 11) is 0. The fraction of sp³-hybridized carbons (Fsp3) is 0.500. The van der Waals surface area contributed by atoms with Crippen LogP contribution in [0.5, 0.6) is 0 Å². The summed E-state index contributed by atoms with van der Waals surface area (Å²) in [5.74, 6) is 0.327. The van der Waals surface area contributed by atoms with E-state index in [0.29, 0.717) is 16.7 Å². The van der Waals surface area contributed by atoms with Crippen LogP contribution in [0.2, 0.25) is 0 Å². The number of thiazole rings is 1. The third kappa shape index (κ3) is 3.37. The molecule has 0 N–H and O–H groups in total. The minimum atomic E-state index is -0.564. The van der Waals surface area contributed by atoms with Crippen LogP contribution in [-0.4, -0.2) is 21.2 Å². The van der Waals surface area contributed by atoms with Crippen molar-refractivity contribution < 1.29 is 13.9 Å². The number of esters is 1. The van der Waals surface area contributed by atoms with Crippen LogP contribution >= 0.6 is 11.3 Å². The van der Waals surface area contributed by atoms with Gasteiger partial charge in [0.05, 0.1) is 11.2 Å². The average molecular weight is 281 g/mol. The monoisotopic (exact) mass is 281 g/mol. The summed E-state index contributed by atoms with van der Waals surface area (Å²) >= 11 is 1.36. The number of rotatable bonds is 5. The Hall–Kier alpha value is -1.76. The van der Waals surface area contributed by atoms with Crippen LogP contribution in [0.15, 0.2) is 10.6 Å². The van der Waals surface area contributed by atoms with E-state index in [1.165, 1.54) is 11.3 Å². The molecule has 0 fully saturated rings. The van der Waals surface area contributed by atoms with Crippen LogP contribution in [0.25, 0.3) is 0 Å². The summed E-state index contributed by atoms with van der Waals surface area (Å²) in [4.78, 5) is 16.6. The maximum absolute atomic E-state index is 11.9. The molecule has 2 aromatic rings. The molecule has 0 amide bonds. The zero-order chi connectivity index (χ0) is 13.8. The second kappa shape index (κ2) is 5.92. The number of aryl methyl sites for hydroxylation is 2. The molecule has 0 spiro atoms. The topological polar surface area (TPSA) is 78.1 Å². The lowest BCUT2D eigenvalue weighted by atomic mass is 10.4. The number of carbonyl (C=O) groups is 1. The zero-order valence-electron chi connectivity index (χ0n) is 11.0. The Kier molecular flexibility index (Phi) is 4.26. The molecule has 0 aliphatic rings. The molecule has 0 aliphatic carbocycles. The van der Waals surface area contributed by atoms with Crippen LogP contribution in [0.4, 0.5) is 0 Å². The van der Waals surface area contributed by atoms with Crippen LogP contribution in [0, 0.1) is 6.92 Å². The van der Waals surface area contributed by atoms with Gasteiger partial charge in [-0.25, -0.2) is 9.78 Å². The van der Waals surface area contributed by atoms with E-state index in [0.717, 1.165) is 17.8 Å². The first kappa shape index (κ1) is 13.7. The number of nitrogens with zero attached hydrogens (tertiary/aromatic N) is 3. The Labute approximate surface area is 114 Å². The second-order valence-corrected chi connectivity index (χ2v) is 5.19. The molecular weight excluding hydrogens is 266 g/mol. The van der Waals surface area contributed by atoms with Gasteiger partial charge in [-0.15, -0.1) is 21.5 Å². The number of hydrogen-bond donors (Lipinski definition) is 0. The average Bonchev–Trinajstić information content (AvgIpc) is 2.98. The first-order valence-electron chi connectivity index (χ1n) is 6.05. The van der Waals surface area contributed by atoms with Crippen molar-refractivity contribution in [3.05, 3.63) is 27.9 Å². The van der Waals surface area contributed by atoms with Gasteiger partial charge in [0.25, 0.3) is 5.89 Å². The molecule has 0 aliphatic heterocycles. The van der Waals surface area contributed by atoms with Crippen LogP contribution in [0.1, 0.15) is 52.8 Å². The summed E-state index contributed by atoms with van der Waals surface area (Å²) in [5, 5.41) is 8.46. The molecular formula is C12H15N3O3S. The summed E-state index contributed by atoms with van der Waals surface area (Å²) in [6.45, 7) is 5.45. The van der Waals surface area contributed by atoms with Gasteiger partial charge in [-0.3, -0.25) is 0 Å². The Balaban J connectivity index is 1.99. The van der Waals surface area contributed by atoms with E-state index >= 15 is 0 Å². The Morgan fingerprint density at radius 3 is 2.95 bits per heavy atom. The molecule has 2 aromatic heterocycles. The van der Waals surface area contributed by atoms with Crippen molar-refractivity contribution in [2.75, 3.05) is 0 Å². The van der Waals surface area contributed by atoms with E-state index < -0.39 is 12.1 Å². The van der Waals surface area contributed by atoms with Crippen molar-refractivity contribution in [2.24, 2.45) is 0 Å². The van der Waals surface area contributed by atoms with Gasteiger partial charge in [0.2, 0.25) is 5.89 Å².